The average molecular weight is 709 g/mol. The fraction of sp³-hybridized carbons (Fsp3) is 0.0286. The molecule has 0 unspecified atom stereocenters. The second kappa shape index (κ2) is 10.0. The smallest absolute Gasteiger partial charge is 0.141 e. The number of rotatable bonds is 4. The van der Waals surface area contributed by atoms with E-state index in [2.05, 4.69) is 82.3 Å². The van der Waals surface area contributed by atoms with Crippen LogP contribution in [-0.2, 0) is 28.1 Å². The van der Waals surface area contributed by atoms with E-state index in [0.717, 1.165) is 66.7 Å². The topological polar surface area (TPSA) is 48.8 Å². The van der Waals surface area contributed by atoms with E-state index >= 15 is 0 Å². The Morgan fingerprint density at radius 3 is 2.32 bits per heavy atom. The molecule has 0 atom stereocenters. The number of oxazole rings is 1. The molecule has 0 aliphatic carbocycles. The molecule has 3 heterocycles. The molecule has 0 radical (unpaired) electrons. The Labute approximate surface area is 251 Å². The fourth-order valence-electron chi connectivity index (χ4n) is 5.38. The van der Waals surface area contributed by atoms with Crippen LogP contribution in [0.4, 0.5) is 0 Å². The van der Waals surface area contributed by atoms with Crippen molar-refractivity contribution in [3.8, 4) is 39.7 Å². The normalized spacial score (nSPS) is 11.3. The van der Waals surface area contributed by atoms with Crippen LogP contribution in [0.2, 0.25) is 0 Å². The molecule has 0 N–H and O–H groups in total. The van der Waals surface area contributed by atoms with Crippen molar-refractivity contribution in [2.24, 2.45) is 7.05 Å². The van der Waals surface area contributed by atoms with Gasteiger partial charge in [0.05, 0.1) is 11.3 Å². The van der Waals surface area contributed by atoms with Crippen LogP contribution in [0, 0.1) is 18.2 Å². The van der Waals surface area contributed by atoms with E-state index < -0.39 is 0 Å². The molecule has 0 amide bonds. The van der Waals surface area contributed by atoms with E-state index in [1.54, 1.807) is 6.20 Å². The first-order valence-electron chi connectivity index (χ1n) is 13.1. The summed E-state index contributed by atoms with van der Waals surface area (Å²) in [5.41, 5.74) is 8.20. The third-order valence-electron chi connectivity index (χ3n) is 7.28. The van der Waals surface area contributed by atoms with Gasteiger partial charge in [0.15, 0.2) is 0 Å². The summed E-state index contributed by atoms with van der Waals surface area (Å²) in [6, 6.07) is 43.5. The number of aromatic nitrogens is 4. The van der Waals surface area contributed by atoms with Crippen LogP contribution >= 0.6 is 0 Å². The molecular formula is C35H21N4OPt-3. The zero-order valence-electron chi connectivity index (χ0n) is 21.9. The Kier molecular flexibility index (Phi) is 6.18. The maximum Gasteiger partial charge on any atom is 0.141 e. The van der Waals surface area contributed by atoms with Crippen molar-refractivity contribution in [2.75, 3.05) is 0 Å². The quantitative estimate of drug-likeness (QED) is 0.174. The van der Waals surface area contributed by atoms with Gasteiger partial charge in [-0.05, 0) is 34.8 Å². The molecule has 8 rings (SSSR count). The number of nitrogens with zero attached hydrogens (tertiary/aromatic N) is 4. The first kappa shape index (κ1) is 25.3. The predicted octanol–water partition coefficient (Wildman–Crippen LogP) is 8.06. The van der Waals surface area contributed by atoms with Gasteiger partial charge in [0.1, 0.15) is 11.5 Å². The third kappa shape index (κ3) is 4.21. The number of aryl methyl sites for hydroxylation is 1. The van der Waals surface area contributed by atoms with Crippen molar-refractivity contribution in [1.29, 1.82) is 0 Å². The molecule has 8 aromatic rings. The van der Waals surface area contributed by atoms with Crippen LogP contribution in [0.3, 0.4) is 0 Å². The van der Waals surface area contributed by atoms with Gasteiger partial charge in [0, 0.05) is 46.0 Å². The molecule has 3 aromatic heterocycles. The Morgan fingerprint density at radius 1 is 0.683 bits per heavy atom. The van der Waals surface area contributed by atoms with Gasteiger partial charge in [-0.15, -0.1) is 36.4 Å². The van der Waals surface area contributed by atoms with Crippen molar-refractivity contribution >= 4 is 32.9 Å². The molecule has 0 spiro atoms. The van der Waals surface area contributed by atoms with E-state index in [9.17, 15) is 0 Å². The maximum atomic E-state index is 6.08. The summed E-state index contributed by atoms with van der Waals surface area (Å²) in [7, 11) is 1.99. The summed E-state index contributed by atoms with van der Waals surface area (Å²) in [6.45, 7) is 0. The molecular weight excluding hydrogens is 687 g/mol. The standard InChI is InChI=1S/C35H21N4O.Pt/c1-38-19-18-36-34(38)25-10-6-8-23(20-25)24-9-7-11-27(21-24)39-31-14-4-2-12-28(31)29-17-16-26(22-32(29)39)35-37-30-13-3-5-15-33(30)40-35;/h2-19H,1H3;/q-3;. The van der Waals surface area contributed by atoms with Gasteiger partial charge < -0.3 is 13.6 Å². The van der Waals surface area contributed by atoms with Crippen LogP contribution in [0.1, 0.15) is 0 Å². The van der Waals surface area contributed by atoms with Gasteiger partial charge in [0.2, 0.25) is 0 Å². The Hall–Kier alpha value is -4.73. The van der Waals surface area contributed by atoms with Crippen LogP contribution in [0.15, 0.2) is 114 Å². The Bertz CT molecular complexity index is 2170. The first-order valence-corrected chi connectivity index (χ1v) is 13.1. The van der Waals surface area contributed by atoms with Gasteiger partial charge >= 0.3 is 0 Å². The minimum Gasteiger partial charge on any atom is -0.481 e. The fourth-order valence-corrected chi connectivity index (χ4v) is 5.38. The Morgan fingerprint density at radius 2 is 1.46 bits per heavy atom. The molecule has 0 fully saturated rings. The minimum atomic E-state index is 0. The zero-order chi connectivity index (χ0) is 26.6. The molecule has 200 valence electrons. The molecule has 6 heteroatoms. The summed E-state index contributed by atoms with van der Waals surface area (Å²) >= 11 is 0. The third-order valence-corrected chi connectivity index (χ3v) is 7.28. The molecule has 5 aromatic carbocycles. The predicted molar refractivity (Wildman–Crippen MR) is 158 cm³/mol. The van der Waals surface area contributed by atoms with Crippen molar-refractivity contribution in [1.82, 2.24) is 19.1 Å². The number of hydrogen-bond donors (Lipinski definition) is 0. The summed E-state index contributed by atoms with van der Waals surface area (Å²) < 4.78 is 10.3. The molecule has 0 saturated heterocycles. The van der Waals surface area contributed by atoms with Crippen LogP contribution < -0.4 is 0 Å². The molecule has 0 saturated carbocycles. The van der Waals surface area contributed by atoms with Crippen molar-refractivity contribution in [2.45, 2.75) is 0 Å². The number of para-hydroxylation sites is 3. The monoisotopic (exact) mass is 708 g/mol. The summed E-state index contributed by atoms with van der Waals surface area (Å²) in [6.07, 6.45) is 3.74. The van der Waals surface area contributed by atoms with Gasteiger partial charge in [-0.2, -0.15) is 35.9 Å². The molecule has 41 heavy (non-hydrogen) atoms. The van der Waals surface area contributed by atoms with E-state index in [4.69, 9.17) is 9.40 Å². The van der Waals surface area contributed by atoms with Crippen LogP contribution in [0.5, 0.6) is 0 Å². The summed E-state index contributed by atoms with van der Waals surface area (Å²) in [5, 5.41) is 2.26. The minimum absolute atomic E-state index is 0. The first-order chi connectivity index (χ1) is 19.7. The van der Waals surface area contributed by atoms with Gasteiger partial charge in [-0.1, -0.05) is 46.8 Å². The second-order valence-corrected chi connectivity index (χ2v) is 9.76. The second-order valence-electron chi connectivity index (χ2n) is 9.76. The van der Waals surface area contributed by atoms with E-state index in [1.165, 1.54) is 0 Å². The van der Waals surface area contributed by atoms with E-state index in [0.29, 0.717) is 5.89 Å². The number of fused-ring (bicyclic) bond motifs is 4. The van der Waals surface area contributed by atoms with E-state index in [1.807, 2.05) is 60.3 Å². The van der Waals surface area contributed by atoms with Crippen LogP contribution in [-0.4, -0.2) is 19.1 Å². The maximum absolute atomic E-state index is 6.08. The number of hydrogen-bond acceptors (Lipinski definition) is 3. The zero-order valence-corrected chi connectivity index (χ0v) is 24.2. The summed E-state index contributed by atoms with van der Waals surface area (Å²) in [4.78, 5) is 9.20. The van der Waals surface area contributed by atoms with Crippen molar-refractivity contribution in [3.63, 3.8) is 0 Å². The van der Waals surface area contributed by atoms with Crippen molar-refractivity contribution in [3.05, 3.63) is 128 Å². The summed E-state index contributed by atoms with van der Waals surface area (Å²) in [5.74, 6) is 1.43. The Balaban J connectivity index is 0.00000276. The van der Waals surface area contributed by atoms with E-state index in [-0.39, 0.29) is 21.1 Å². The number of benzene rings is 5. The number of imidazole rings is 1. The molecule has 5 nitrogen and oxygen atoms in total. The van der Waals surface area contributed by atoms with Gasteiger partial charge in [-0.25, -0.2) is 5.56 Å². The largest absolute Gasteiger partial charge is 0.481 e. The van der Waals surface area contributed by atoms with Gasteiger partial charge in [-0.3, -0.25) is 9.97 Å². The molecule has 0 bridgehead atoms. The van der Waals surface area contributed by atoms with Gasteiger partial charge in [0.25, 0.3) is 0 Å². The molecule has 0 aliphatic rings. The molecule has 0 aliphatic heterocycles. The SMILES string of the molecule is Cn1ccnc1-c1[c-]c(-c2[c-]c(-n3c4[c-]c(-c5nc6ccccc6o5)ccc4c4ccccc43)ccc2)ccc1.[Pt]. The van der Waals surface area contributed by atoms with Crippen LogP contribution in [0.25, 0.3) is 72.6 Å². The average Bonchev–Trinajstić information content (AvgIpc) is 3.72. The van der Waals surface area contributed by atoms with Crippen molar-refractivity contribution < 1.29 is 25.5 Å².